The minimum Gasteiger partial charge on any atom is -0.292 e. The molecule has 3 heteroatoms. The summed E-state index contributed by atoms with van der Waals surface area (Å²) in [4.78, 5) is 4.06. The zero-order valence-electron chi connectivity index (χ0n) is 10.4. The molecule has 1 aromatic heterocycles. The Labute approximate surface area is 117 Å². The van der Waals surface area contributed by atoms with Crippen LogP contribution < -0.4 is 0 Å². The third-order valence-electron chi connectivity index (χ3n) is 3.74. The average molecular weight is 278 g/mol. The Morgan fingerprint density at radius 2 is 2.11 bits per heavy atom. The van der Waals surface area contributed by atoms with Crippen LogP contribution in [0, 0.1) is 0 Å². The summed E-state index contributed by atoms with van der Waals surface area (Å²) in [7, 11) is 0. The van der Waals surface area contributed by atoms with Crippen molar-refractivity contribution in [3.05, 3.63) is 56.7 Å². The quantitative estimate of drug-likeness (QED) is 0.780. The van der Waals surface area contributed by atoms with E-state index in [2.05, 4.69) is 35.4 Å². The molecule has 0 radical (unpaired) electrons. The molecule has 1 atom stereocenters. The molecular weight excluding hydrogens is 262 g/mol. The van der Waals surface area contributed by atoms with Crippen LogP contribution in [0.5, 0.6) is 0 Å². The lowest BCUT2D eigenvalue weighted by Gasteiger charge is -2.33. The predicted octanol–water partition coefficient (Wildman–Crippen LogP) is 4.52. The number of rotatable bonds is 2. The fourth-order valence-electron chi connectivity index (χ4n) is 2.61. The highest BCUT2D eigenvalue weighted by Crippen LogP contribution is 2.32. The third kappa shape index (κ3) is 2.20. The Bertz CT molecular complexity index is 549. The van der Waals surface area contributed by atoms with Gasteiger partial charge in [-0.2, -0.15) is 0 Å². The van der Waals surface area contributed by atoms with E-state index >= 15 is 0 Å². The molecule has 2 aromatic rings. The highest BCUT2D eigenvalue weighted by atomic mass is 35.5. The molecule has 0 amide bonds. The molecule has 0 fully saturated rings. The van der Waals surface area contributed by atoms with E-state index in [-0.39, 0.29) is 0 Å². The smallest absolute Gasteiger partial charge is 0.0453 e. The third-order valence-corrected chi connectivity index (χ3v) is 5.11. The highest BCUT2D eigenvalue weighted by Gasteiger charge is 2.23. The van der Waals surface area contributed by atoms with E-state index in [1.54, 1.807) is 4.88 Å². The lowest BCUT2D eigenvalue weighted by molar-refractivity contribution is 0.194. The molecule has 1 nitrogen and oxygen atoms in total. The van der Waals surface area contributed by atoms with E-state index in [0.29, 0.717) is 6.04 Å². The molecule has 1 aliphatic rings. The fraction of sp³-hybridized carbons (Fsp3) is 0.333. The summed E-state index contributed by atoms with van der Waals surface area (Å²) in [6.07, 6.45) is 1.17. The number of benzene rings is 1. The van der Waals surface area contributed by atoms with Crippen LogP contribution in [-0.2, 0) is 13.0 Å². The van der Waals surface area contributed by atoms with Crippen molar-refractivity contribution >= 4 is 22.9 Å². The Morgan fingerprint density at radius 3 is 2.94 bits per heavy atom. The Morgan fingerprint density at radius 1 is 1.28 bits per heavy atom. The van der Waals surface area contributed by atoms with E-state index in [1.165, 1.54) is 17.5 Å². The Kier molecular flexibility index (Phi) is 3.42. The molecule has 1 aromatic carbocycles. The van der Waals surface area contributed by atoms with Crippen molar-refractivity contribution in [2.45, 2.75) is 25.9 Å². The number of nitrogens with zero attached hydrogens (tertiary/aromatic N) is 1. The summed E-state index contributed by atoms with van der Waals surface area (Å²) >= 11 is 8.18. The minimum atomic E-state index is 0.381. The summed E-state index contributed by atoms with van der Waals surface area (Å²) in [6, 6.07) is 10.8. The molecule has 0 bridgehead atoms. The van der Waals surface area contributed by atoms with Gasteiger partial charge in [0.15, 0.2) is 0 Å². The normalized spacial score (nSPS) is 17.4. The molecule has 94 valence electrons. The van der Waals surface area contributed by atoms with E-state index in [9.17, 15) is 0 Å². The fourth-order valence-corrected chi connectivity index (χ4v) is 3.79. The summed E-state index contributed by atoms with van der Waals surface area (Å²) in [5.41, 5.74) is 2.72. The second kappa shape index (κ2) is 5.04. The number of hydrogen-bond acceptors (Lipinski definition) is 2. The number of thiophene rings is 1. The standard InChI is InChI=1S/C15H16ClNS/c1-11(13-4-2-3-5-14(13)16)17-8-6-15-12(10-17)7-9-18-15/h2-5,7,9,11H,6,8,10H2,1H3. The van der Waals surface area contributed by atoms with Crippen LogP contribution in [-0.4, -0.2) is 11.4 Å². The van der Waals surface area contributed by atoms with Gasteiger partial charge in [-0.05, 0) is 42.0 Å². The van der Waals surface area contributed by atoms with Gasteiger partial charge in [-0.25, -0.2) is 0 Å². The van der Waals surface area contributed by atoms with Gasteiger partial charge in [-0.15, -0.1) is 11.3 Å². The van der Waals surface area contributed by atoms with Crippen molar-refractivity contribution in [2.75, 3.05) is 6.54 Å². The van der Waals surface area contributed by atoms with Crippen LogP contribution in [0.2, 0.25) is 5.02 Å². The first kappa shape index (κ1) is 12.2. The second-order valence-electron chi connectivity index (χ2n) is 4.79. The van der Waals surface area contributed by atoms with Crippen molar-refractivity contribution in [3.63, 3.8) is 0 Å². The zero-order valence-corrected chi connectivity index (χ0v) is 12.0. The van der Waals surface area contributed by atoms with Gasteiger partial charge in [0.05, 0.1) is 0 Å². The topological polar surface area (TPSA) is 3.24 Å². The molecular formula is C15H16ClNS. The lowest BCUT2D eigenvalue weighted by atomic mass is 10.0. The van der Waals surface area contributed by atoms with E-state index in [1.807, 2.05) is 23.5 Å². The average Bonchev–Trinajstić information content (AvgIpc) is 2.85. The summed E-state index contributed by atoms with van der Waals surface area (Å²) in [6.45, 7) is 4.42. The van der Waals surface area contributed by atoms with Crippen molar-refractivity contribution in [2.24, 2.45) is 0 Å². The molecule has 0 saturated heterocycles. The monoisotopic (exact) mass is 277 g/mol. The van der Waals surface area contributed by atoms with E-state index in [4.69, 9.17) is 11.6 Å². The van der Waals surface area contributed by atoms with Gasteiger partial charge in [0, 0.05) is 29.0 Å². The van der Waals surface area contributed by atoms with Gasteiger partial charge in [0.1, 0.15) is 0 Å². The van der Waals surface area contributed by atoms with Gasteiger partial charge >= 0.3 is 0 Å². The largest absolute Gasteiger partial charge is 0.292 e. The first-order valence-electron chi connectivity index (χ1n) is 6.29. The first-order chi connectivity index (χ1) is 8.75. The lowest BCUT2D eigenvalue weighted by Crippen LogP contribution is -2.32. The van der Waals surface area contributed by atoms with Crippen molar-refractivity contribution in [1.82, 2.24) is 4.90 Å². The maximum absolute atomic E-state index is 6.29. The van der Waals surface area contributed by atoms with Crippen molar-refractivity contribution < 1.29 is 0 Å². The van der Waals surface area contributed by atoms with E-state index < -0.39 is 0 Å². The number of halogens is 1. The van der Waals surface area contributed by atoms with Crippen LogP contribution in [0.1, 0.15) is 29.0 Å². The second-order valence-corrected chi connectivity index (χ2v) is 6.19. The zero-order chi connectivity index (χ0) is 12.5. The molecule has 1 aliphatic heterocycles. The maximum atomic E-state index is 6.29. The van der Waals surface area contributed by atoms with Crippen LogP contribution in [0.4, 0.5) is 0 Å². The van der Waals surface area contributed by atoms with Gasteiger partial charge in [-0.3, -0.25) is 4.90 Å². The SMILES string of the molecule is CC(c1ccccc1Cl)N1CCc2sccc2C1. The van der Waals surface area contributed by atoms with Crippen molar-refractivity contribution in [3.8, 4) is 0 Å². The summed E-state index contributed by atoms with van der Waals surface area (Å²) < 4.78 is 0. The van der Waals surface area contributed by atoms with Gasteiger partial charge in [-0.1, -0.05) is 29.8 Å². The Hall–Kier alpha value is -0.830. The first-order valence-corrected chi connectivity index (χ1v) is 7.55. The molecule has 1 unspecified atom stereocenters. The molecule has 18 heavy (non-hydrogen) atoms. The van der Waals surface area contributed by atoms with Crippen molar-refractivity contribution in [1.29, 1.82) is 0 Å². The Balaban J connectivity index is 1.83. The molecule has 0 N–H and O–H groups in total. The van der Waals surface area contributed by atoms with Crippen LogP contribution in [0.3, 0.4) is 0 Å². The molecule has 0 saturated carbocycles. The van der Waals surface area contributed by atoms with Crippen LogP contribution >= 0.6 is 22.9 Å². The van der Waals surface area contributed by atoms with Crippen LogP contribution in [0.15, 0.2) is 35.7 Å². The summed E-state index contributed by atoms with van der Waals surface area (Å²) in [5.74, 6) is 0. The molecule has 3 rings (SSSR count). The number of fused-ring (bicyclic) bond motifs is 1. The van der Waals surface area contributed by atoms with Gasteiger partial charge in [0.25, 0.3) is 0 Å². The molecule has 0 aliphatic carbocycles. The van der Waals surface area contributed by atoms with Gasteiger partial charge < -0.3 is 0 Å². The van der Waals surface area contributed by atoms with E-state index in [0.717, 1.165) is 18.1 Å². The number of hydrogen-bond donors (Lipinski definition) is 0. The predicted molar refractivity (Wildman–Crippen MR) is 78.3 cm³/mol. The van der Waals surface area contributed by atoms with Gasteiger partial charge in [0.2, 0.25) is 0 Å². The maximum Gasteiger partial charge on any atom is 0.0453 e. The summed E-state index contributed by atoms with van der Waals surface area (Å²) in [5, 5.41) is 3.08. The molecule has 2 heterocycles. The highest BCUT2D eigenvalue weighted by molar-refractivity contribution is 7.10. The molecule has 0 spiro atoms. The van der Waals surface area contributed by atoms with Crippen LogP contribution in [0.25, 0.3) is 0 Å². The minimum absolute atomic E-state index is 0.381.